The summed E-state index contributed by atoms with van der Waals surface area (Å²) in [7, 11) is -3.19. The molecule has 0 radical (unpaired) electrons. The van der Waals surface area contributed by atoms with Crippen LogP contribution in [-0.2, 0) is 10.0 Å². The number of hydrogen-bond donors (Lipinski definition) is 1. The number of benzene rings is 2. The third-order valence-corrected chi connectivity index (χ3v) is 7.30. The van der Waals surface area contributed by atoms with Gasteiger partial charge >= 0.3 is 0 Å². The van der Waals surface area contributed by atoms with Gasteiger partial charge < -0.3 is 10.2 Å². The van der Waals surface area contributed by atoms with Gasteiger partial charge in [-0.25, -0.2) is 8.42 Å². The molecule has 0 unspecified atom stereocenters. The highest BCUT2D eigenvalue weighted by Gasteiger charge is 2.28. The summed E-state index contributed by atoms with van der Waals surface area (Å²) >= 11 is 0. The normalized spacial score (nSPS) is 18.5. The molecule has 0 aliphatic carbocycles. The number of sulfonamides is 1. The van der Waals surface area contributed by atoms with E-state index in [9.17, 15) is 13.2 Å². The van der Waals surface area contributed by atoms with E-state index in [1.807, 2.05) is 18.2 Å². The fraction of sp³-hybridized carbons (Fsp3) is 0.381. The van der Waals surface area contributed by atoms with Crippen molar-refractivity contribution in [2.75, 3.05) is 39.9 Å². The summed E-state index contributed by atoms with van der Waals surface area (Å²) in [6.07, 6.45) is 3.03. The minimum atomic E-state index is -3.19. The van der Waals surface area contributed by atoms with Crippen molar-refractivity contribution in [3.63, 3.8) is 0 Å². The van der Waals surface area contributed by atoms with E-state index in [1.54, 1.807) is 24.3 Å². The SMILES string of the molecule is Cc1ccc(C(=O)Nc2ccc(N3CCCS3(=O)=O)cc2)cc1N1CCCC1. The van der Waals surface area contributed by atoms with Crippen molar-refractivity contribution in [2.45, 2.75) is 26.2 Å². The number of nitrogens with one attached hydrogen (secondary N) is 1. The topological polar surface area (TPSA) is 69.7 Å². The fourth-order valence-electron chi connectivity index (χ4n) is 3.89. The van der Waals surface area contributed by atoms with E-state index < -0.39 is 10.0 Å². The second kappa shape index (κ2) is 7.47. The molecule has 0 spiro atoms. The molecule has 148 valence electrons. The lowest BCUT2D eigenvalue weighted by molar-refractivity contribution is 0.102. The first-order valence-electron chi connectivity index (χ1n) is 9.71. The van der Waals surface area contributed by atoms with Gasteiger partial charge in [-0.2, -0.15) is 0 Å². The summed E-state index contributed by atoms with van der Waals surface area (Å²) in [6, 6.07) is 12.8. The van der Waals surface area contributed by atoms with Crippen molar-refractivity contribution in [3.8, 4) is 0 Å². The number of carbonyl (C=O) groups is 1. The predicted molar refractivity (Wildman–Crippen MR) is 113 cm³/mol. The van der Waals surface area contributed by atoms with Gasteiger partial charge in [0.1, 0.15) is 0 Å². The molecule has 0 atom stereocenters. The van der Waals surface area contributed by atoms with Gasteiger partial charge in [-0.15, -0.1) is 0 Å². The minimum absolute atomic E-state index is 0.165. The highest BCUT2D eigenvalue weighted by molar-refractivity contribution is 7.93. The van der Waals surface area contributed by atoms with E-state index in [0.717, 1.165) is 18.8 Å². The summed E-state index contributed by atoms with van der Waals surface area (Å²) in [5.41, 5.74) is 4.21. The highest BCUT2D eigenvalue weighted by atomic mass is 32.2. The van der Waals surface area contributed by atoms with E-state index in [-0.39, 0.29) is 11.7 Å². The van der Waals surface area contributed by atoms with Crippen molar-refractivity contribution in [1.82, 2.24) is 0 Å². The zero-order valence-electron chi connectivity index (χ0n) is 16.0. The van der Waals surface area contributed by atoms with Crippen LogP contribution in [0.1, 0.15) is 35.2 Å². The molecule has 28 heavy (non-hydrogen) atoms. The molecular formula is C21H25N3O3S. The molecule has 2 aliphatic rings. The summed E-state index contributed by atoms with van der Waals surface area (Å²) in [6.45, 7) is 4.65. The van der Waals surface area contributed by atoms with Crippen LogP contribution in [0.5, 0.6) is 0 Å². The van der Waals surface area contributed by atoms with Crippen LogP contribution in [0, 0.1) is 6.92 Å². The van der Waals surface area contributed by atoms with Crippen molar-refractivity contribution in [2.24, 2.45) is 0 Å². The van der Waals surface area contributed by atoms with Crippen LogP contribution in [-0.4, -0.2) is 39.7 Å². The number of hydrogen-bond acceptors (Lipinski definition) is 4. The Morgan fingerprint density at radius 3 is 2.32 bits per heavy atom. The van der Waals surface area contributed by atoms with Crippen molar-refractivity contribution in [1.29, 1.82) is 0 Å². The molecule has 0 aromatic heterocycles. The van der Waals surface area contributed by atoms with Gasteiger partial charge in [0.15, 0.2) is 0 Å². The van der Waals surface area contributed by atoms with Crippen LogP contribution >= 0.6 is 0 Å². The Bertz CT molecular complexity index is 980. The largest absolute Gasteiger partial charge is 0.371 e. The van der Waals surface area contributed by atoms with Gasteiger partial charge in [-0.05, 0) is 68.1 Å². The first kappa shape index (κ1) is 18.8. The lowest BCUT2D eigenvalue weighted by atomic mass is 10.1. The molecule has 0 saturated carbocycles. The van der Waals surface area contributed by atoms with Crippen LogP contribution < -0.4 is 14.5 Å². The summed E-state index contributed by atoms with van der Waals surface area (Å²) in [4.78, 5) is 15.0. The number of amides is 1. The Kier molecular flexibility index (Phi) is 5.02. The van der Waals surface area contributed by atoms with Crippen molar-refractivity contribution in [3.05, 3.63) is 53.6 Å². The number of anilines is 3. The van der Waals surface area contributed by atoms with Gasteiger partial charge in [0.05, 0.1) is 11.4 Å². The lowest BCUT2D eigenvalue weighted by Gasteiger charge is -2.21. The molecular weight excluding hydrogens is 374 g/mol. The average molecular weight is 400 g/mol. The van der Waals surface area contributed by atoms with Crippen LogP contribution in [0.25, 0.3) is 0 Å². The smallest absolute Gasteiger partial charge is 0.255 e. The molecule has 2 fully saturated rings. The molecule has 2 aliphatic heterocycles. The summed E-state index contributed by atoms with van der Waals surface area (Å²) in [5, 5.41) is 2.91. The molecule has 2 aromatic carbocycles. The molecule has 2 heterocycles. The second-order valence-electron chi connectivity index (χ2n) is 7.44. The number of nitrogens with zero attached hydrogens (tertiary/aromatic N) is 2. The van der Waals surface area contributed by atoms with E-state index in [2.05, 4.69) is 17.1 Å². The van der Waals surface area contributed by atoms with Crippen LogP contribution in [0.15, 0.2) is 42.5 Å². The molecule has 2 aromatic rings. The van der Waals surface area contributed by atoms with Crippen molar-refractivity contribution < 1.29 is 13.2 Å². The first-order valence-corrected chi connectivity index (χ1v) is 11.3. The van der Waals surface area contributed by atoms with Gasteiger partial charge in [0.2, 0.25) is 10.0 Å². The van der Waals surface area contributed by atoms with Crippen LogP contribution in [0.2, 0.25) is 0 Å². The van der Waals surface area contributed by atoms with Gasteiger partial charge in [0.25, 0.3) is 5.91 Å². The zero-order chi connectivity index (χ0) is 19.7. The van der Waals surface area contributed by atoms with Crippen molar-refractivity contribution >= 4 is 33.0 Å². The predicted octanol–water partition coefficient (Wildman–Crippen LogP) is 3.39. The Labute approximate surface area is 166 Å². The van der Waals surface area contributed by atoms with E-state index in [4.69, 9.17) is 0 Å². The molecule has 1 amide bonds. The molecule has 0 bridgehead atoms. The third-order valence-electron chi connectivity index (χ3n) is 5.43. The number of aryl methyl sites for hydroxylation is 1. The van der Waals surface area contributed by atoms with E-state index in [0.29, 0.717) is 29.9 Å². The molecule has 6 nitrogen and oxygen atoms in total. The summed E-state index contributed by atoms with van der Waals surface area (Å²) < 4.78 is 25.5. The third kappa shape index (κ3) is 3.71. The maximum absolute atomic E-state index is 12.7. The Balaban J connectivity index is 1.49. The Hall–Kier alpha value is -2.54. The van der Waals surface area contributed by atoms with E-state index in [1.165, 1.54) is 22.7 Å². The monoisotopic (exact) mass is 399 g/mol. The van der Waals surface area contributed by atoms with Gasteiger partial charge in [0, 0.05) is 36.6 Å². The average Bonchev–Trinajstić information content (AvgIpc) is 3.32. The Morgan fingerprint density at radius 1 is 0.964 bits per heavy atom. The maximum Gasteiger partial charge on any atom is 0.255 e. The highest BCUT2D eigenvalue weighted by Crippen LogP contribution is 2.27. The zero-order valence-corrected chi connectivity index (χ0v) is 16.8. The first-order chi connectivity index (χ1) is 13.4. The Morgan fingerprint density at radius 2 is 1.68 bits per heavy atom. The maximum atomic E-state index is 12.7. The van der Waals surface area contributed by atoms with Crippen LogP contribution in [0.4, 0.5) is 17.1 Å². The number of carbonyl (C=O) groups excluding carboxylic acids is 1. The minimum Gasteiger partial charge on any atom is -0.371 e. The molecule has 7 heteroatoms. The van der Waals surface area contributed by atoms with E-state index >= 15 is 0 Å². The number of rotatable bonds is 4. The lowest BCUT2D eigenvalue weighted by Crippen LogP contribution is -2.25. The fourth-order valence-corrected chi connectivity index (χ4v) is 5.46. The van der Waals surface area contributed by atoms with Crippen LogP contribution in [0.3, 0.4) is 0 Å². The molecule has 1 N–H and O–H groups in total. The standard InChI is InChI=1S/C21H25N3O3S/c1-16-5-6-17(15-20(16)23-11-2-3-12-23)21(25)22-18-7-9-19(10-8-18)24-13-4-14-28(24,26)27/h5-10,15H,2-4,11-14H2,1H3,(H,22,25). The van der Waals surface area contributed by atoms with Gasteiger partial charge in [-0.1, -0.05) is 6.07 Å². The molecule has 2 saturated heterocycles. The molecule has 4 rings (SSSR count). The van der Waals surface area contributed by atoms with Gasteiger partial charge in [-0.3, -0.25) is 9.10 Å². The summed E-state index contributed by atoms with van der Waals surface area (Å²) in [5.74, 6) is 0.0279. The second-order valence-corrected chi connectivity index (χ2v) is 9.45. The quantitative estimate of drug-likeness (QED) is 0.856.